The molecule has 1 amide bonds. The molecule has 1 aromatic carbocycles. The molecule has 3 heterocycles. The van der Waals surface area contributed by atoms with E-state index >= 15 is 0 Å². The van der Waals surface area contributed by atoms with Gasteiger partial charge in [-0.05, 0) is 50.6 Å². The summed E-state index contributed by atoms with van der Waals surface area (Å²) in [5.41, 5.74) is 2.68. The van der Waals surface area contributed by atoms with Crippen molar-refractivity contribution in [3.63, 3.8) is 0 Å². The van der Waals surface area contributed by atoms with Crippen LogP contribution in [0.2, 0.25) is 5.15 Å². The molecule has 0 aliphatic carbocycles. The molecule has 0 unspecified atom stereocenters. The smallest absolute Gasteiger partial charge is 0.226 e. The predicted octanol–water partition coefficient (Wildman–Crippen LogP) is 3.89. The first kappa shape index (κ1) is 20.2. The van der Waals surface area contributed by atoms with E-state index in [0.717, 1.165) is 16.8 Å². The van der Waals surface area contributed by atoms with E-state index < -0.39 is 0 Å². The molecular formula is C21H22ClN5O3. The van der Waals surface area contributed by atoms with Gasteiger partial charge in [-0.3, -0.25) is 4.79 Å². The van der Waals surface area contributed by atoms with Crippen LogP contribution in [0, 0.1) is 6.92 Å². The van der Waals surface area contributed by atoms with Crippen LogP contribution in [0.5, 0.6) is 11.5 Å². The fourth-order valence-electron chi connectivity index (χ4n) is 3.67. The number of nitrogens with one attached hydrogen (secondary N) is 1. The Kier molecular flexibility index (Phi) is 5.34. The van der Waals surface area contributed by atoms with Crippen LogP contribution >= 0.6 is 11.6 Å². The molecule has 0 radical (unpaired) electrons. The highest BCUT2D eigenvalue weighted by atomic mass is 35.5. The quantitative estimate of drug-likeness (QED) is 0.664. The van der Waals surface area contributed by atoms with Crippen LogP contribution < -0.4 is 14.8 Å². The number of carbonyl (C=O) groups excluding carboxylic acids is 1. The van der Waals surface area contributed by atoms with E-state index in [4.69, 9.17) is 21.1 Å². The Labute approximate surface area is 179 Å². The number of amides is 1. The normalized spacial score (nSPS) is 15.7. The van der Waals surface area contributed by atoms with E-state index in [2.05, 4.69) is 20.6 Å². The molecule has 1 aliphatic heterocycles. The monoisotopic (exact) mass is 427 g/mol. The van der Waals surface area contributed by atoms with Gasteiger partial charge in [0.05, 0.1) is 18.9 Å². The number of anilines is 1. The van der Waals surface area contributed by atoms with Gasteiger partial charge in [0.1, 0.15) is 5.82 Å². The van der Waals surface area contributed by atoms with Crippen LogP contribution in [-0.2, 0) is 4.79 Å². The highest BCUT2D eigenvalue weighted by Gasteiger charge is 2.33. The van der Waals surface area contributed by atoms with Crippen molar-refractivity contribution in [2.45, 2.75) is 39.2 Å². The fourth-order valence-corrected chi connectivity index (χ4v) is 3.77. The number of hydrogen-bond acceptors (Lipinski definition) is 6. The van der Waals surface area contributed by atoms with Crippen molar-refractivity contribution in [2.24, 2.45) is 0 Å². The van der Waals surface area contributed by atoms with Crippen LogP contribution in [0.1, 0.15) is 43.0 Å². The van der Waals surface area contributed by atoms with Gasteiger partial charge in [-0.25, -0.2) is 0 Å². The summed E-state index contributed by atoms with van der Waals surface area (Å²) in [7, 11) is 1.60. The van der Waals surface area contributed by atoms with E-state index in [1.165, 1.54) is 0 Å². The van der Waals surface area contributed by atoms with E-state index in [0.29, 0.717) is 29.6 Å². The Morgan fingerprint density at radius 1 is 1.20 bits per heavy atom. The summed E-state index contributed by atoms with van der Waals surface area (Å²) in [6.07, 6.45) is 0.331. The molecule has 3 aromatic rings. The van der Waals surface area contributed by atoms with Crippen molar-refractivity contribution in [2.75, 3.05) is 12.4 Å². The molecule has 1 aliphatic rings. The standard InChI is InChI=1S/C21H22ClN5O3/c1-11(2)30-15-6-5-13(9-16(15)29-4)14-10-19(28)23-21-20(14)12(3)26-27(21)18-8-7-17(22)24-25-18/h5-9,11,14H,10H2,1-4H3,(H,23,28)/t14-/m1/s1. The zero-order valence-electron chi connectivity index (χ0n) is 17.1. The lowest BCUT2D eigenvalue weighted by molar-refractivity contribution is -0.116. The number of rotatable bonds is 5. The average molecular weight is 428 g/mol. The van der Waals surface area contributed by atoms with Gasteiger partial charge in [-0.1, -0.05) is 17.7 Å². The summed E-state index contributed by atoms with van der Waals surface area (Å²) < 4.78 is 12.9. The molecule has 0 saturated carbocycles. The number of fused-ring (bicyclic) bond motifs is 1. The van der Waals surface area contributed by atoms with Crippen LogP contribution in [-0.4, -0.2) is 39.1 Å². The van der Waals surface area contributed by atoms with Crippen molar-refractivity contribution < 1.29 is 14.3 Å². The van der Waals surface area contributed by atoms with Crippen molar-refractivity contribution in [3.05, 3.63) is 52.3 Å². The second-order valence-electron chi connectivity index (χ2n) is 7.36. The van der Waals surface area contributed by atoms with Crippen molar-refractivity contribution in [1.29, 1.82) is 0 Å². The minimum absolute atomic E-state index is 0.0257. The predicted molar refractivity (Wildman–Crippen MR) is 113 cm³/mol. The lowest BCUT2D eigenvalue weighted by Gasteiger charge is -2.25. The van der Waals surface area contributed by atoms with Gasteiger partial charge in [0.2, 0.25) is 5.91 Å². The SMILES string of the molecule is COc1cc([C@H]2CC(=O)Nc3c2c(C)nn3-c2ccc(Cl)nn2)ccc1OC(C)C. The van der Waals surface area contributed by atoms with Crippen molar-refractivity contribution in [1.82, 2.24) is 20.0 Å². The second kappa shape index (κ2) is 7.95. The summed E-state index contributed by atoms with van der Waals surface area (Å²) in [6, 6.07) is 9.10. The molecule has 0 fully saturated rings. The van der Waals surface area contributed by atoms with Gasteiger partial charge in [-0.2, -0.15) is 9.78 Å². The van der Waals surface area contributed by atoms with Crippen LogP contribution in [0.25, 0.3) is 5.82 Å². The Balaban J connectivity index is 1.79. The molecule has 0 saturated heterocycles. The van der Waals surface area contributed by atoms with Crippen LogP contribution in [0.15, 0.2) is 30.3 Å². The highest BCUT2D eigenvalue weighted by molar-refractivity contribution is 6.29. The lowest BCUT2D eigenvalue weighted by Crippen LogP contribution is -2.25. The molecule has 1 N–H and O–H groups in total. The first-order chi connectivity index (χ1) is 14.4. The number of hydrogen-bond donors (Lipinski definition) is 1. The van der Waals surface area contributed by atoms with Gasteiger partial charge in [0, 0.05) is 17.9 Å². The highest BCUT2D eigenvalue weighted by Crippen LogP contribution is 2.42. The molecular weight excluding hydrogens is 406 g/mol. The second-order valence-corrected chi connectivity index (χ2v) is 7.74. The average Bonchev–Trinajstić information content (AvgIpc) is 3.04. The third kappa shape index (κ3) is 3.70. The molecule has 1 atom stereocenters. The Morgan fingerprint density at radius 3 is 2.67 bits per heavy atom. The van der Waals surface area contributed by atoms with E-state index in [1.54, 1.807) is 23.9 Å². The largest absolute Gasteiger partial charge is 0.493 e. The third-order valence-corrected chi connectivity index (χ3v) is 5.09. The first-order valence-corrected chi connectivity index (χ1v) is 9.98. The number of benzene rings is 1. The van der Waals surface area contributed by atoms with Gasteiger partial charge in [-0.15, -0.1) is 10.2 Å². The Hall–Kier alpha value is -3.13. The first-order valence-electron chi connectivity index (χ1n) is 9.61. The molecule has 4 rings (SSSR count). The van der Waals surface area contributed by atoms with Crippen LogP contribution in [0.4, 0.5) is 5.82 Å². The molecule has 2 aromatic heterocycles. The number of ether oxygens (including phenoxy) is 2. The Bertz CT molecular complexity index is 1090. The maximum atomic E-state index is 12.6. The van der Waals surface area contributed by atoms with Crippen LogP contribution in [0.3, 0.4) is 0 Å². The summed E-state index contributed by atoms with van der Waals surface area (Å²) >= 11 is 5.85. The molecule has 0 spiro atoms. The van der Waals surface area contributed by atoms with Gasteiger partial charge in [0.15, 0.2) is 22.5 Å². The van der Waals surface area contributed by atoms with E-state index in [1.807, 2.05) is 39.0 Å². The van der Waals surface area contributed by atoms with Crippen molar-refractivity contribution in [3.8, 4) is 17.3 Å². The molecule has 9 heteroatoms. The van der Waals surface area contributed by atoms with Gasteiger partial charge >= 0.3 is 0 Å². The minimum atomic E-state index is -0.176. The molecule has 8 nitrogen and oxygen atoms in total. The summed E-state index contributed by atoms with van der Waals surface area (Å²) in [5, 5.41) is 15.8. The number of methoxy groups -OCH3 is 1. The topological polar surface area (TPSA) is 91.2 Å². The number of nitrogens with zero attached hydrogens (tertiary/aromatic N) is 4. The number of aryl methyl sites for hydroxylation is 1. The van der Waals surface area contributed by atoms with E-state index in [9.17, 15) is 4.79 Å². The number of halogens is 1. The molecule has 0 bridgehead atoms. The fraction of sp³-hybridized carbons (Fsp3) is 0.333. The maximum Gasteiger partial charge on any atom is 0.226 e. The summed E-state index contributed by atoms with van der Waals surface area (Å²) in [6.45, 7) is 5.83. The van der Waals surface area contributed by atoms with Gasteiger partial charge in [0.25, 0.3) is 0 Å². The lowest BCUT2D eigenvalue weighted by atomic mass is 9.85. The number of carbonyl (C=O) groups is 1. The molecule has 30 heavy (non-hydrogen) atoms. The molecule has 156 valence electrons. The zero-order chi connectivity index (χ0) is 21.4. The van der Waals surface area contributed by atoms with Gasteiger partial charge < -0.3 is 14.8 Å². The van der Waals surface area contributed by atoms with E-state index in [-0.39, 0.29) is 23.1 Å². The summed E-state index contributed by atoms with van der Waals surface area (Å²) in [4.78, 5) is 12.6. The minimum Gasteiger partial charge on any atom is -0.493 e. The number of aromatic nitrogens is 4. The zero-order valence-corrected chi connectivity index (χ0v) is 17.9. The third-order valence-electron chi connectivity index (χ3n) is 4.89. The summed E-state index contributed by atoms with van der Waals surface area (Å²) in [5.74, 6) is 2.08. The van der Waals surface area contributed by atoms with Crippen molar-refractivity contribution >= 4 is 23.3 Å². The Morgan fingerprint density at radius 2 is 2.00 bits per heavy atom. The maximum absolute atomic E-state index is 12.6.